The third kappa shape index (κ3) is 15.4. The van der Waals surface area contributed by atoms with Gasteiger partial charge in [-0.25, -0.2) is 4.57 Å². The fourth-order valence-corrected chi connectivity index (χ4v) is 1.02. The van der Waals surface area contributed by atoms with E-state index in [1.54, 1.807) is 0 Å². The summed E-state index contributed by atoms with van der Waals surface area (Å²) in [7, 11) is -6.00. The van der Waals surface area contributed by atoms with Crippen molar-refractivity contribution < 1.29 is 21.8 Å². The van der Waals surface area contributed by atoms with E-state index in [1.807, 2.05) is 0 Å². The van der Waals surface area contributed by atoms with Crippen molar-refractivity contribution in [2.24, 2.45) is 0 Å². The fourth-order valence-electron chi connectivity index (χ4n) is 1.02. The highest BCUT2D eigenvalue weighted by Crippen LogP contribution is 2.06. The van der Waals surface area contributed by atoms with Crippen LogP contribution in [0.2, 0.25) is 0 Å². The van der Waals surface area contributed by atoms with E-state index in [4.69, 9.17) is 0 Å². The zero-order valence-corrected chi connectivity index (χ0v) is 11.6. The topological polar surface area (TPSA) is 3.88 Å². The van der Waals surface area contributed by atoms with Crippen molar-refractivity contribution in [2.45, 2.75) is 33.2 Å². The van der Waals surface area contributed by atoms with Crippen LogP contribution in [0.3, 0.4) is 0 Å². The number of nitrogens with zero attached hydrogens (tertiary/aromatic N) is 1. The molecule has 7 heteroatoms. The van der Waals surface area contributed by atoms with Crippen LogP contribution in [0, 0.1) is 6.92 Å². The Morgan fingerprint density at radius 2 is 1.53 bits per heavy atom. The molecule has 0 aliphatic carbocycles. The maximum absolute atomic E-state index is 9.75. The van der Waals surface area contributed by atoms with E-state index in [2.05, 4.69) is 42.9 Å². The number of aromatic nitrogens is 1. The molecule has 0 saturated carbocycles. The summed E-state index contributed by atoms with van der Waals surface area (Å²) in [5.74, 6) is 0. The van der Waals surface area contributed by atoms with E-state index in [0.29, 0.717) is 0 Å². The third-order valence-corrected chi connectivity index (χ3v) is 1.83. The number of rotatable bonds is 3. The molecule has 0 N–H and O–H groups in total. The van der Waals surface area contributed by atoms with Gasteiger partial charge >= 0.3 is 7.25 Å². The van der Waals surface area contributed by atoms with Crippen LogP contribution in [0.15, 0.2) is 24.5 Å². The normalized spacial score (nSPS) is 10.0. The second-order valence-electron chi connectivity index (χ2n) is 3.46. The maximum Gasteiger partial charge on any atom is 0.673 e. The molecule has 0 saturated heterocycles. The molecule has 0 aliphatic heterocycles. The number of aryl methyl sites for hydroxylation is 2. The van der Waals surface area contributed by atoms with Crippen molar-refractivity contribution in [2.75, 3.05) is 0 Å². The Bertz CT molecular complexity index is 283. The van der Waals surface area contributed by atoms with Gasteiger partial charge < -0.3 is 17.3 Å². The Balaban J connectivity index is 0. The van der Waals surface area contributed by atoms with Gasteiger partial charge in [0.25, 0.3) is 0 Å². The fraction of sp³-hybridized carbons (Fsp3) is 0.500. The van der Waals surface area contributed by atoms with Gasteiger partial charge in [0.2, 0.25) is 0 Å². The van der Waals surface area contributed by atoms with Gasteiger partial charge in [-0.15, -0.1) is 0 Å². The molecule has 1 unspecified atom stereocenters. The van der Waals surface area contributed by atoms with Crippen molar-refractivity contribution in [3.05, 3.63) is 30.1 Å². The molecular weight excluding hydrogens is 252 g/mol. The molecule has 0 aromatic carbocycles. The molecule has 0 bridgehead atoms. The van der Waals surface area contributed by atoms with Gasteiger partial charge in [-0.05, 0) is 12.5 Å². The summed E-state index contributed by atoms with van der Waals surface area (Å²) < 4.78 is 41.2. The summed E-state index contributed by atoms with van der Waals surface area (Å²) in [5, 5.41) is 0. The number of halogens is 4. The molecule has 1 nitrogen and oxygen atoms in total. The lowest BCUT2D eigenvalue weighted by atomic mass is 10.3. The van der Waals surface area contributed by atoms with Crippen LogP contribution >= 0.6 is 9.90 Å². The summed E-state index contributed by atoms with van der Waals surface area (Å²) >= 11 is 0. The molecule has 1 heterocycles. The van der Waals surface area contributed by atoms with Crippen LogP contribution in [0.25, 0.3) is 0 Å². The summed E-state index contributed by atoms with van der Waals surface area (Å²) in [5.41, 5.74) is 1.33. The first kappa shape index (κ1) is 18.7. The first-order valence-corrected chi connectivity index (χ1v) is 5.16. The molecule has 0 fully saturated rings. The highest BCUT2D eigenvalue weighted by atomic mass is 31.0. The SMILES string of the molecule is CCCC[n+]1ccc(C)cc1.F[B-](F)(F)F.P. The minimum atomic E-state index is -6.00. The Hall–Kier alpha value is -0.635. The van der Waals surface area contributed by atoms with Gasteiger partial charge in [0.15, 0.2) is 12.4 Å². The van der Waals surface area contributed by atoms with E-state index in [-0.39, 0.29) is 9.90 Å². The Morgan fingerprint density at radius 1 is 1.12 bits per heavy atom. The smallest absolute Gasteiger partial charge is 0.418 e. The van der Waals surface area contributed by atoms with Crippen molar-refractivity contribution in [3.8, 4) is 0 Å². The van der Waals surface area contributed by atoms with Gasteiger partial charge in [-0.3, -0.25) is 0 Å². The van der Waals surface area contributed by atoms with E-state index < -0.39 is 7.25 Å². The number of pyridine rings is 1. The van der Waals surface area contributed by atoms with Gasteiger partial charge in [-0.1, -0.05) is 13.3 Å². The Morgan fingerprint density at radius 3 is 1.88 bits per heavy atom. The van der Waals surface area contributed by atoms with Gasteiger partial charge in [0.1, 0.15) is 6.54 Å². The predicted octanol–water partition coefficient (Wildman–Crippen LogP) is 3.44. The molecule has 1 aromatic heterocycles. The standard InChI is InChI=1S/C10H16N.BF4.H3P/c1-3-4-7-11-8-5-10(2)6-9-11;2-1(3,4)5;/h5-6,8-9H,3-4,7H2,1-2H3;;1H3/q+1;-1;. The van der Waals surface area contributed by atoms with Crippen LogP contribution < -0.4 is 4.57 Å². The van der Waals surface area contributed by atoms with E-state index in [0.717, 1.165) is 6.54 Å². The van der Waals surface area contributed by atoms with Gasteiger partial charge in [-0.2, -0.15) is 9.90 Å². The molecular formula is C10H19BF4NP. The van der Waals surface area contributed by atoms with Crippen LogP contribution in [-0.4, -0.2) is 7.25 Å². The lowest BCUT2D eigenvalue weighted by Crippen LogP contribution is -2.32. The molecule has 1 aromatic rings. The minimum Gasteiger partial charge on any atom is -0.418 e. The monoisotopic (exact) mass is 271 g/mol. The zero-order chi connectivity index (χ0) is 12.6. The molecule has 1 rings (SSSR count). The van der Waals surface area contributed by atoms with Crippen LogP contribution in [-0.2, 0) is 6.54 Å². The Kier molecular flexibility index (Phi) is 10.4. The van der Waals surface area contributed by atoms with Crippen LogP contribution in [0.5, 0.6) is 0 Å². The van der Waals surface area contributed by atoms with Gasteiger partial charge in [0, 0.05) is 18.6 Å². The van der Waals surface area contributed by atoms with Crippen molar-refractivity contribution >= 4 is 17.2 Å². The second kappa shape index (κ2) is 9.40. The summed E-state index contributed by atoms with van der Waals surface area (Å²) in [6, 6.07) is 4.30. The molecule has 1 atom stereocenters. The second-order valence-corrected chi connectivity index (χ2v) is 3.46. The highest BCUT2D eigenvalue weighted by molar-refractivity contribution is 6.92. The lowest BCUT2D eigenvalue weighted by molar-refractivity contribution is -0.697. The first-order chi connectivity index (χ1) is 7.33. The first-order valence-electron chi connectivity index (χ1n) is 5.16. The number of hydrogen-bond acceptors (Lipinski definition) is 0. The van der Waals surface area contributed by atoms with Crippen LogP contribution in [0.4, 0.5) is 17.3 Å². The molecule has 0 radical (unpaired) electrons. The predicted molar refractivity (Wildman–Crippen MR) is 67.6 cm³/mol. The number of hydrogen-bond donors (Lipinski definition) is 0. The molecule has 100 valence electrons. The summed E-state index contributed by atoms with van der Waals surface area (Å²) in [4.78, 5) is 0. The average Bonchev–Trinajstić information content (AvgIpc) is 2.14. The molecule has 17 heavy (non-hydrogen) atoms. The molecule has 0 amide bonds. The van der Waals surface area contributed by atoms with E-state index >= 15 is 0 Å². The molecule has 0 aliphatic rings. The van der Waals surface area contributed by atoms with E-state index in [9.17, 15) is 17.3 Å². The number of unbranched alkanes of at least 4 members (excludes halogenated alkanes) is 1. The van der Waals surface area contributed by atoms with Gasteiger partial charge in [0.05, 0.1) is 0 Å². The summed E-state index contributed by atoms with van der Waals surface area (Å²) in [6.45, 7) is 5.48. The zero-order valence-electron chi connectivity index (χ0n) is 10.2. The summed E-state index contributed by atoms with van der Waals surface area (Å²) in [6.07, 6.45) is 6.82. The van der Waals surface area contributed by atoms with Crippen molar-refractivity contribution in [3.63, 3.8) is 0 Å². The molecule has 0 spiro atoms. The van der Waals surface area contributed by atoms with Crippen LogP contribution in [0.1, 0.15) is 25.3 Å². The maximum atomic E-state index is 9.75. The quantitative estimate of drug-likeness (QED) is 0.343. The van der Waals surface area contributed by atoms with E-state index in [1.165, 1.54) is 18.4 Å². The van der Waals surface area contributed by atoms with Crippen molar-refractivity contribution in [1.82, 2.24) is 0 Å². The average molecular weight is 271 g/mol. The lowest BCUT2D eigenvalue weighted by Gasteiger charge is -1.94. The third-order valence-electron chi connectivity index (χ3n) is 1.83. The Labute approximate surface area is 103 Å². The minimum absolute atomic E-state index is 0. The van der Waals surface area contributed by atoms with Crippen molar-refractivity contribution in [1.29, 1.82) is 0 Å². The largest absolute Gasteiger partial charge is 0.673 e. The highest BCUT2D eigenvalue weighted by Gasteiger charge is 2.20.